The summed E-state index contributed by atoms with van der Waals surface area (Å²) in [5.74, 6) is 3.88. The second-order valence-corrected chi connectivity index (χ2v) is 14.9. The van der Waals surface area contributed by atoms with E-state index >= 15 is 0 Å². The first-order valence-corrected chi connectivity index (χ1v) is 20.4. The number of para-hydroxylation sites is 2. The Morgan fingerprint density at radius 2 is 1.02 bits per heavy atom. The van der Waals surface area contributed by atoms with Crippen LogP contribution in [0.1, 0.15) is 75.1 Å². The lowest BCUT2D eigenvalue weighted by molar-refractivity contribution is 0.690. The largest absolute Gasteiger partial charge is 0.368 e. The number of anilines is 2. The summed E-state index contributed by atoms with van der Waals surface area (Å²) < 4.78 is 4.82. The molecule has 0 spiro atoms. The molecule has 8 heteroatoms. The van der Waals surface area contributed by atoms with Crippen molar-refractivity contribution in [1.82, 2.24) is 29.1 Å². The van der Waals surface area contributed by atoms with Crippen molar-refractivity contribution in [3.63, 3.8) is 0 Å². The molecule has 0 amide bonds. The Balaban J connectivity index is 1.00. The van der Waals surface area contributed by atoms with E-state index in [1.807, 2.05) is 0 Å². The van der Waals surface area contributed by atoms with Crippen LogP contribution in [0.5, 0.6) is 0 Å². The smallest absolute Gasteiger partial charge is 0.155 e. The molecule has 8 rings (SSSR count). The summed E-state index contributed by atoms with van der Waals surface area (Å²) in [7, 11) is 0. The van der Waals surface area contributed by atoms with Crippen LogP contribution in [0.2, 0.25) is 0 Å². The maximum absolute atomic E-state index is 5.26. The average Bonchev–Trinajstić information content (AvgIpc) is 3.79. The molecule has 0 aliphatic carbocycles. The van der Waals surface area contributed by atoms with E-state index in [-0.39, 0.29) is 0 Å². The Labute approximate surface area is 329 Å². The summed E-state index contributed by atoms with van der Waals surface area (Å²) in [6.07, 6.45) is 8.06. The maximum Gasteiger partial charge on any atom is 0.155 e. The van der Waals surface area contributed by atoms with Gasteiger partial charge >= 0.3 is 0 Å². The number of hydrogen-bond acceptors (Lipinski definition) is 6. The number of imidazole rings is 2. The number of aromatic nitrogens is 6. The van der Waals surface area contributed by atoms with Crippen LogP contribution in [0.25, 0.3) is 43.9 Å². The van der Waals surface area contributed by atoms with Gasteiger partial charge in [-0.05, 0) is 48.9 Å². The molecule has 0 saturated carbocycles. The van der Waals surface area contributed by atoms with E-state index < -0.39 is 0 Å². The molecule has 4 aromatic heterocycles. The van der Waals surface area contributed by atoms with Gasteiger partial charge in [0.05, 0.1) is 22.1 Å². The van der Waals surface area contributed by atoms with Crippen molar-refractivity contribution < 1.29 is 0 Å². The zero-order valence-corrected chi connectivity index (χ0v) is 32.8. The Bertz CT molecular complexity index is 2590. The monoisotopic (exact) mass is 740 g/mol. The summed E-state index contributed by atoms with van der Waals surface area (Å²) in [5.41, 5.74) is 9.76. The molecule has 0 atom stereocenters. The number of rotatable bonds is 18. The van der Waals surface area contributed by atoms with Crippen molar-refractivity contribution in [1.29, 1.82) is 0 Å². The third-order valence-corrected chi connectivity index (χ3v) is 10.7. The molecular formula is C48H52N8. The first-order valence-electron chi connectivity index (χ1n) is 20.4. The number of nitrogens with one attached hydrogen (secondary N) is 2. The van der Waals surface area contributed by atoms with Gasteiger partial charge < -0.3 is 19.8 Å². The highest BCUT2D eigenvalue weighted by molar-refractivity contribution is 6.08. The van der Waals surface area contributed by atoms with Crippen LogP contribution < -0.4 is 10.6 Å². The molecule has 284 valence electrons. The molecule has 8 aromatic rings. The molecule has 0 aliphatic rings. The van der Waals surface area contributed by atoms with Crippen molar-refractivity contribution in [2.24, 2.45) is 0 Å². The highest BCUT2D eigenvalue weighted by Gasteiger charge is 2.20. The summed E-state index contributed by atoms with van der Waals surface area (Å²) in [6, 6.07) is 38.2. The first-order chi connectivity index (χ1) is 27.6. The lowest BCUT2D eigenvalue weighted by Crippen LogP contribution is -2.09. The van der Waals surface area contributed by atoms with Crippen molar-refractivity contribution in [3.05, 3.63) is 144 Å². The number of nitrogens with zero attached hydrogens (tertiary/aromatic N) is 6. The van der Waals surface area contributed by atoms with Crippen LogP contribution in [-0.2, 0) is 25.9 Å². The quantitative estimate of drug-likeness (QED) is 0.0673. The topological polar surface area (TPSA) is 85.5 Å². The minimum absolute atomic E-state index is 0.624. The lowest BCUT2D eigenvalue weighted by atomic mass is 10.1. The molecule has 4 aromatic carbocycles. The zero-order valence-electron chi connectivity index (χ0n) is 32.8. The number of unbranched alkanes of at least 4 members (excludes halogenated alkanes) is 2. The van der Waals surface area contributed by atoms with E-state index in [4.69, 9.17) is 19.9 Å². The number of fused-ring (bicyclic) bond motifs is 6. The van der Waals surface area contributed by atoms with Gasteiger partial charge in [0.15, 0.2) is 11.6 Å². The van der Waals surface area contributed by atoms with Crippen molar-refractivity contribution in [2.75, 3.05) is 23.7 Å². The Morgan fingerprint density at radius 3 is 1.52 bits per heavy atom. The normalized spacial score (nSPS) is 11.6. The van der Waals surface area contributed by atoms with Crippen LogP contribution in [0, 0.1) is 0 Å². The van der Waals surface area contributed by atoms with Gasteiger partial charge in [-0.2, -0.15) is 0 Å². The molecule has 2 N–H and O–H groups in total. The Morgan fingerprint density at radius 1 is 0.554 bits per heavy atom. The van der Waals surface area contributed by atoms with Crippen molar-refractivity contribution >= 4 is 55.5 Å². The summed E-state index contributed by atoms with van der Waals surface area (Å²) in [4.78, 5) is 20.7. The van der Waals surface area contributed by atoms with Crippen molar-refractivity contribution in [2.45, 2.75) is 78.3 Å². The minimum Gasteiger partial charge on any atom is -0.368 e. The van der Waals surface area contributed by atoms with Crippen LogP contribution in [0.3, 0.4) is 0 Å². The Hall–Kier alpha value is -6.02. The van der Waals surface area contributed by atoms with Crippen LogP contribution in [0.15, 0.2) is 121 Å². The molecule has 4 heterocycles. The number of benzene rings is 4. The Kier molecular flexibility index (Phi) is 11.3. The SMILES string of the molecule is C=C(CCCNc1nc2ccccc2c2c1nc(CCCC)n2Cc1ccccc1)CNc1nc2ccccc2c2c1nc(CCCC)n2Cc1ccccc1. The highest BCUT2D eigenvalue weighted by Crippen LogP contribution is 2.33. The van der Waals surface area contributed by atoms with Crippen molar-refractivity contribution in [3.8, 4) is 0 Å². The molecule has 0 radical (unpaired) electrons. The van der Waals surface area contributed by atoms with Crippen LogP contribution in [-0.4, -0.2) is 42.2 Å². The van der Waals surface area contributed by atoms with Gasteiger partial charge in [0.25, 0.3) is 0 Å². The summed E-state index contributed by atoms with van der Waals surface area (Å²) in [5, 5.41) is 9.61. The summed E-state index contributed by atoms with van der Waals surface area (Å²) in [6.45, 7) is 11.9. The van der Waals surface area contributed by atoms with E-state index in [0.717, 1.165) is 144 Å². The van der Waals surface area contributed by atoms with Gasteiger partial charge in [0, 0.05) is 49.8 Å². The molecular weight excluding hydrogens is 689 g/mol. The van der Waals surface area contributed by atoms with Crippen LogP contribution >= 0.6 is 0 Å². The molecule has 56 heavy (non-hydrogen) atoms. The standard InChI is InChI=1S/C48H52N8/c1-4-6-28-41-53-43-45(55(41)32-35-20-10-8-11-21-35)37-24-14-16-26-39(37)51-47(43)49-30-18-19-34(3)31-50-48-44-46(38-25-15-17-27-40(38)52-48)56(42(54-44)29-7-5-2)33-36-22-12-9-13-23-36/h8-17,20-27H,3-7,18-19,28-33H2,1-2H3,(H,49,51)(H,50,52). The fourth-order valence-corrected chi connectivity index (χ4v) is 7.78. The maximum atomic E-state index is 5.26. The molecule has 0 saturated heterocycles. The van der Waals surface area contributed by atoms with E-state index in [2.05, 4.69) is 149 Å². The fraction of sp³-hybridized carbons (Fsp3) is 0.292. The number of pyridine rings is 2. The second kappa shape index (κ2) is 17.2. The fourth-order valence-electron chi connectivity index (χ4n) is 7.78. The van der Waals surface area contributed by atoms with Crippen LogP contribution in [0.4, 0.5) is 11.6 Å². The lowest BCUT2D eigenvalue weighted by Gasteiger charge is -2.14. The second-order valence-electron chi connectivity index (χ2n) is 14.9. The van der Waals surface area contributed by atoms with Gasteiger partial charge in [-0.25, -0.2) is 19.9 Å². The van der Waals surface area contributed by atoms with Gasteiger partial charge in [-0.1, -0.05) is 136 Å². The molecule has 0 aliphatic heterocycles. The highest BCUT2D eigenvalue weighted by atomic mass is 15.1. The van der Waals surface area contributed by atoms with Gasteiger partial charge in [-0.15, -0.1) is 0 Å². The average molecular weight is 741 g/mol. The van der Waals surface area contributed by atoms with E-state index in [1.165, 1.54) is 11.1 Å². The molecule has 0 unspecified atom stereocenters. The van der Waals surface area contributed by atoms with Gasteiger partial charge in [-0.3, -0.25) is 0 Å². The number of hydrogen-bond donors (Lipinski definition) is 2. The first kappa shape index (κ1) is 36.9. The third kappa shape index (κ3) is 7.87. The zero-order chi connectivity index (χ0) is 38.3. The van der Waals surface area contributed by atoms with E-state index in [1.54, 1.807) is 0 Å². The van der Waals surface area contributed by atoms with Gasteiger partial charge in [0.1, 0.15) is 22.7 Å². The number of aryl methyl sites for hydroxylation is 2. The molecule has 8 nitrogen and oxygen atoms in total. The summed E-state index contributed by atoms with van der Waals surface area (Å²) >= 11 is 0. The van der Waals surface area contributed by atoms with E-state index in [9.17, 15) is 0 Å². The van der Waals surface area contributed by atoms with E-state index in [0.29, 0.717) is 6.54 Å². The molecule has 0 bridgehead atoms. The predicted octanol–water partition coefficient (Wildman–Crippen LogP) is 11.1. The minimum atomic E-state index is 0.624. The van der Waals surface area contributed by atoms with Gasteiger partial charge in [0.2, 0.25) is 0 Å². The molecule has 0 fully saturated rings. The third-order valence-electron chi connectivity index (χ3n) is 10.7. The predicted molar refractivity (Wildman–Crippen MR) is 234 cm³/mol.